The molecule has 3 rings (SSSR count). The van der Waals surface area contributed by atoms with Gasteiger partial charge in [0.2, 0.25) is 5.91 Å². The van der Waals surface area contributed by atoms with Crippen molar-refractivity contribution in [3.63, 3.8) is 0 Å². The van der Waals surface area contributed by atoms with Crippen molar-refractivity contribution < 1.29 is 9.18 Å². The molecule has 1 aliphatic rings. The Labute approximate surface area is 116 Å². The van der Waals surface area contributed by atoms with Crippen LogP contribution < -0.4 is 10.6 Å². The molecule has 0 spiro atoms. The molecule has 0 aliphatic carbocycles. The summed E-state index contributed by atoms with van der Waals surface area (Å²) in [7, 11) is 0. The van der Waals surface area contributed by atoms with Crippen LogP contribution in [0.15, 0.2) is 48.5 Å². The second-order valence-electron chi connectivity index (χ2n) is 4.87. The van der Waals surface area contributed by atoms with E-state index in [-0.39, 0.29) is 24.3 Å². The summed E-state index contributed by atoms with van der Waals surface area (Å²) in [6.07, 6.45) is 0.666. The van der Waals surface area contributed by atoms with E-state index in [9.17, 15) is 9.18 Å². The zero-order valence-electron chi connectivity index (χ0n) is 10.9. The molecule has 1 atom stereocenters. The van der Waals surface area contributed by atoms with Gasteiger partial charge in [-0.15, -0.1) is 0 Å². The lowest BCUT2D eigenvalue weighted by Crippen LogP contribution is -2.38. The first-order valence-corrected chi connectivity index (χ1v) is 6.59. The number of halogens is 1. The SMILES string of the molecule is O=C(NCc1ccccc1F)[C@@H]1Cc2ccccc2N1. The molecule has 0 radical (unpaired) electrons. The molecule has 0 aromatic heterocycles. The van der Waals surface area contributed by atoms with Gasteiger partial charge in [-0.1, -0.05) is 36.4 Å². The summed E-state index contributed by atoms with van der Waals surface area (Å²) >= 11 is 0. The largest absolute Gasteiger partial charge is 0.373 e. The van der Waals surface area contributed by atoms with Crippen LogP contribution in [0.4, 0.5) is 10.1 Å². The van der Waals surface area contributed by atoms with Gasteiger partial charge in [0.05, 0.1) is 0 Å². The van der Waals surface area contributed by atoms with E-state index in [0.29, 0.717) is 12.0 Å². The first-order valence-electron chi connectivity index (χ1n) is 6.59. The molecule has 0 fully saturated rings. The minimum absolute atomic E-state index is 0.107. The van der Waals surface area contributed by atoms with Gasteiger partial charge in [0.25, 0.3) is 0 Å². The molecule has 0 saturated heterocycles. The number of amides is 1. The van der Waals surface area contributed by atoms with Crippen molar-refractivity contribution in [1.82, 2.24) is 5.32 Å². The van der Waals surface area contributed by atoms with E-state index in [0.717, 1.165) is 11.3 Å². The Balaban J connectivity index is 1.61. The number of nitrogens with one attached hydrogen (secondary N) is 2. The first kappa shape index (κ1) is 12.7. The highest BCUT2D eigenvalue weighted by Gasteiger charge is 2.25. The number of hydrogen-bond donors (Lipinski definition) is 2. The molecule has 3 nitrogen and oxygen atoms in total. The van der Waals surface area contributed by atoms with Crippen molar-refractivity contribution in [3.8, 4) is 0 Å². The summed E-state index contributed by atoms with van der Waals surface area (Å²) in [5, 5.41) is 5.95. The number of hydrogen-bond acceptors (Lipinski definition) is 2. The second-order valence-corrected chi connectivity index (χ2v) is 4.87. The predicted molar refractivity (Wildman–Crippen MR) is 75.8 cm³/mol. The van der Waals surface area contributed by atoms with Gasteiger partial charge in [0.1, 0.15) is 11.9 Å². The Hall–Kier alpha value is -2.36. The molecule has 2 N–H and O–H groups in total. The van der Waals surface area contributed by atoms with Crippen molar-refractivity contribution in [2.24, 2.45) is 0 Å². The average molecular weight is 270 g/mol. The highest BCUT2D eigenvalue weighted by atomic mass is 19.1. The molecule has 4 heteroatoms. The van der Waals surface area contributed by atoms with Gasteiger partial charge in [-0.3, -0.25) is 4.79 Å². The molecule has 20 heavy (non-hydrogen) atoms. The van der Waals surface area contributed by atoms with E-state index < -0.39 is 0 Å². The number of benzene rings is 2. The summed E-state index contributed by atoms with van der Waals surface area (Å²) in [5.74, 6) is -0.403. The lowest BCUT2D eigenvalue weighted by molar-refractivity contribution is -0.121. The van der Waals surface area contributed by atoms with E-state index in [4.69, 9.17) is 0 Å². The van der Waals surface area contributed by atoms with Crippen molar-refractivity contribution in [1.29, 1.82) is 0 Å². The summed E-state index contributed by atoms with van der Waals surface area (Å²) in [6, 6.07) is 14.0. The Bertz CT molecular complexity index is 617. The molecule has 2 aromatic carbocycles. The monoisotopic (exact) mass is 270 g/mol. The molecule has 1 heterocycles. The summed E-state index contributed by atoms with van der Waals surface area (Å²) in [5.41, 5.74) is 2.63. The third-order valence-corrected chi connectivity index (χ3v) is 3.50. The standard InChI is InChI=1S/C16H15FN2O/c17-13-7-3-1-6-12(13)10-18-16(20)15-9-11-5-2-4-8-14(11)19-15/h1-8,15,19H,9-10H2,(H,18,20)/t15-/m0/s1. The number of carbonyl (C=O) groups is 1. The Morgan fingerprint density at radius 1 is 1.20 bits per heavy atom. The van der Waals surface area contributed by atoms with Gasteiger partial charge >= 0.3 is 0 Å². The minimum Gasteiger partial charge on any atom is -0.373 e. The highest BCUT2D eigenvalue weighted by Crippen LogP contribution is 2.25. The molecular weight excluding hydrogens is 255 g/mol. The molecular formula is C16H15FN2O. The third-order valence-electron chi connectivity index (χ3n) is 3.50. The quantitative estimate of drug-likeness (QED) is 0.899. The lowest BCUT2D eigenvalue weighted by Gasteiger charge is -2.12. The van der Waals surface area contributed by atoms with Gasteiger partial charge in [0, 0.05) is 24.2 Å². The van der Waals surface area contributed by atoms with Crippen LogP contribution in [0.2, 0.25) is 0 Å². The molecule has 1 aliphatic heterocycles. The van der Waals surface area contributed by atoms with Crippen LogP contribution in [0.3, 0.4) is 0 Å². The molecule has 102 valence electrons. The van der Waals surface area contributed by atoms with Crippen LogP contribution in [0, 0.1) is 5.82 Å². The van der Waals surface area contributed by atoms with Gasteiger partial charge < -0.3 is 10.6 Å². The molecule has 2 aromatic rings. The number of fused-ring (bicyclic) bond motifs is 1. The minimum atomic E-state index is -0.296. The summed E-state index contributed by atoms with van der Waals surface area (Å²) in [4.78, 5) is 12.1. The fraction of sp³-hybridized carbons (Fsp3) is 0.188. The number of anilines is 1. The first-order chi connectivity index (χ1) is 9.74. The van der Waals surface area contributed by atoms with E-state index in [2.05, 4.69) is 10.6 Å². The Morgan fingerprint density at radius 2 is 1.95 bits per heavy atom. The highest BCUT2D eigenvalue weighted by molar-refractivity contribution is 5.87. The van der Waals surface area contributed by atoms with Crippen LogP contribution in [0.5, 0.6) is 0 Å². The summed E-state index contributed by atoms with van der Waals surface area (Å²) in [6.45, 7) is 0.208. The van der Waals surface area contributed by atoms with Crippen molar-refractivity contribution in [2.45, 2.75) is 19.0 Å². The zero-order valence-corrected chi connectivity index (χ0v) is 10.9. The van der Waals surface area contributed by atoms with Gasteiger partial charge in [0.15, 0.2) is 0 Å². The lowest BCUT2D eigenvalue weighted by atomic mass is 10.1. The van der Waals surface area contributed by atoms with Crippen molar-refractivity contribution in [3.05, 3.63) is 65.5 Å². The number of carbonyl (C=O) groups excluding carboxylic acids is 1. The average Bonchev–Trinajstić information content (AvgIpc) is 2.90. The maximum absolute atomic E-state index is 13.5. The Kier molecular flexibility index (Phi) is 3.37. The van der Waals surface area contributed by atoms with Gasteiger partial charge in [-0.25, -0.2) is 4.39 Å². The fourth-order valence-electron chi connectivity index (χ4n) is 2.40. The fourth-order valence-corrected chi connectivity index (χ4v) is 2.40. The third kappa shape index (κ3) is 2.50. The van der Waals surface area contributed by atoms with E-state index in [1.54, 1.807) is 18.2 Å². The van der Waals surface area contributed by atoms with E-state index >= 15 is 0 Å². The van der Waals surface area contributed by atoms with Crippen LogP contribution >= 0.6 is 0 Å². The van der Waals surface area contributed by atoms with Crippen LogP contribution in [-0.2, 0) is 17.8 Å². The molecule has 0 bridgehead atoms. The van der Waals surface area contributed by atoms with Gasteiger partial charge in [-0.05, 0) is 17.7 Å². The number of para-hydroxylation sites is 1. The van der Waals surface area contributed by atoms with Crippen LogP contribution in [-0.4, -0.2) is 11.9 Å². The van der Waals surface area contributed by atoms with Crippen molar-refractivity contribution in [2.75, 3.05) is 5.32 Å². The smallest absolute Gasteiger partial charge is 0.243 e. The van der Waals surface area contributed by atoms with Gasteiger partial charge in [-0.2, -0.15) is 0 Å². The molecule has 0 saturated carbocycles. The topological polar surface area (TPSA) is 41.1 Å². The predicted octanol–water partition coefficient (Wildman–Crippen LogP) is 2.48. The number of rotatable bonds is 3. The Morgan fingerprint density at radius 3 is 2.75 bits per heavy atom. The van der Waals surface area contributed by atoms with Crippen LogP contribution in [0.25, 0.3) is 0 Å². The summed E-state index contributed by atoms with van der Waals surface area (Å²) < 4.78 is 13.5. The van der Waals surface area contributed by atoms with Crippen molar-refractivity contribution >= 4 is 11.6 Å². The zero-order chi connectivity index (χ0) is 13.9. The molecule has 1 amide bonds. The van der Waals surface area contributed by atoms with E-state index in [1.807, 2.05) is 24.3 Å². The second kappa shape index (κ2) is 5.33. The maximum Gasteiger partial charge on any atom is 0.243 e. The molecule has 0 unspecified atom stereocenters. The van der Waals surface area contributed by atoms with E-state index in [1.165, 1.54) is 6.07 Å². The van der Waals surface area contributed by atoms with Crippen LogP contribution in [0.1, 0.15) is 11.1 Å². The normalized spacial score (nSPS) is 16.4. The maximum atomic E-state index is 13.5.